The molecule has 2 N–H and O–H groups in total. The van der Waals surface area contributed by atoms with Crippen molar-refractivity contribution >= 4 is 21.6 Å². The summed E-state index contributed by atoms with van der Waals surface area (Å²) in [5.41, 5.74) is 2.55. The number of aryl methyl sites for hydroxylation is 1. The van der Waals surface area contributed by atoms with Crippen molar-refractivity contribution in [2.24, 2.45) is 0 Å². The SMILES string of the molecule is CCC(=O)Nc1cc(S(=O)(=O)N[C@@H]2CCCc3ccccc32)ccc1OC. The van der Waals surface area contributed by atoms with Crippen LogP contribution in [-0.4, -0.2) is 21.4 Å². The number of benzene rings is 2. The van der Waals surface area contributed by atoms with E-state index in [1.165, 1.54) is 24.8 Å². The molecular weight excluding hydrogens is 364 g/mol. The Morgan fingerprint density at radius 1 is 1.22 bits per heavy atom. The Bertz CT molecular complexity index is 941. The van der Waals surface area contributed by atoms with E-state index in [9.17, 15) is 13.2 Å². The van der Waals surface area contributed by atoms with E-state index >= 15 is 0 Å². The topological polar surface area (TPSA) is 84.5 Å². The van der Waals surface area contributed by atoms with Gasteiger partial charge in [-0.15, -0.1) is 0 Å². The molecule has 27 heavy (non-hydrogen) atoms. The molecule has 6 nitrogen and oxygen atoms in total. The molecular formula is C20H24N2O4S. The molecule has 3 rings (SSSR count). The molecule has 0 aromatic heterocycles. The Kier molecular flexibility index (Phi) is 5.82. The molecule has 1 atom stereocenters. The fraction of sp³-hybridized carbons (Fsp3) is 0.350. The molecule has 0 fully saturated rings. The molecule has 0 saturated heterocycles. The first-order valence-electron chi connectivity index (χ1n) is 9.02. The van der Waals surface area contributed by atoms with Gasteiger partial charge in [0.15, 0.2) is 0 Å². The third kappa shape index (κ3) is 4.31. The monoisotopic (exact) mass is 388 g/mol. The summed E-state index contributed by atoms with van der Waals surface area (Å²) in [5.74, 6) is 0.204. The fourth-order valence-electron chi connectivity index (χ4n) is 3.32. The lowest BCUT2D eigenvalue weighted by Crippen LogP contribution is -2.31. The van der Waals surface area contributed by atoms with E-state index in [0.717, 1.165) is 24.8 Å². The lowest BCUT2D eigenvalue weighted by atomic mass is 9.88. The van der Waals surface area contributed by atoms with Crippen molar-refractivity contribution in [3.05, 3.63) is 53.6 Å². The van der Waals surface area contributed by atoms with Crippen LogP contribution in [0.25, 0.3) is 0 Å². The second kappa shape index (κ2) is 8.10. The third-order valence-corrected chi connectivity index (χ3v) is 6.21. The molecule has 1 aliphatic carbocycles. The number of sulfonamides is 1. The van der Waals surface area contributed by atoms with Gasteiger partial charge in [0.25, 0.3) is 0 Å². The second-order valence-corrected chi connectivity index (χ2v) is 8.24. The van der Waals surface area contributed by atoms with Crippen LogP contribution in [0.15, 0.2) is 47.4 Å². The van der Waals surface area contributed by atoms with Gasteiger partial charge in [-0.25, -0.2) is 13.1 Å². The van der Waals surface area contributed by atoms with Gasteiger partial charge in [-0.05, 0) is 48.6 Å². The Hall–Kier alpha value is -2.38. The normalized spacial score (nSPS) is 16.4. The first-order valence-corrected chi connectivity index (χ1v) is 10.5. The van der Waals surface area contributed by atoms with Crippen molar-refractivity contribution in [3.8, 4) is 5.75 Å². The lowest BCUT2D eigenvalue weighted by Gasteiger charge is -2.26. The summed E-state index contributed by atoms with van der Waals surface area (Å²) in [6.07, 6.45) is 2.94. The van der Waals surface area contributed by atoms with Gasteiger partial charge >= 0.3 is 0 Å². The molecule has 0 heterocycles. The molecule has 0 aliphatic heterocycles. The van der Waals surface area contributed by atoms with Crippen molar-refractivity contribution < 1.29 is 17.9 Å². The van der Waals surface area contributed by atoms with Crippen LogP contribution < -0.4 is 14.8 Å². The minimum atomic E-state index is -3.75. The van der Waals surface area contributed by atoms with E-state index in [1.54, 1.807) is 13.0 Å². The smallest absolute Gasteiger partial charge is 0.241 e. The zero-order valence-corrected chi connectivity index (χ0v) is 16.3. The molecule has 0 unspecified atom stereocenters. The molecule has 0 saturated carbocycles. The number of rotatable bonds is 6. The summed E-state index contributed by atoms with van der Waals surface area (Å²) < 4.78 is 33.9. The zero-order chi connectivity index (χ0) is 19.4. The Morgan fingerprint density at radius 2 is 2.00 bits per heavy atom. The average molecular weight is 388 g/mol. The summed E-state index contributed by atoms with van der Waals surface area (Å²) in [6.45, 7) is 1.73. The van der Waals surface area contributed by atoms with Crippen LogP contribution in [0.4, 0.5) is 5.69 Å². The first-order chi connectivity index (χ1) is 12.9. The Morgan fingerprint density at radius 3 is 2.74 bits per heavy atom. The van der Waals surface area contributed by atoms with E-state index in [0.29, 0.717) is 11.4 Å². The molecule has 1 aliphatic rings. The number of anilines is 1. The summed E-state index contributed by atoms with van der Waals surface area (Å²) in [4.78, 5) is 11.8. The van der Waals surface area contributed by atoms with Crippen LogP contribution in [-0.2, 0) is 21.2 Å². The second-order valence-electron chi connectivity index (χ2n) is 6.53. The van der Waals surface area contributed by atoms with Crippen molar-refractivity contribution in [3.63, 3.8) is 0 Å². The zero-order valence-electron chi connectivity index (χ0n) is 15.5. The van der Waals surface area contributed by atoms with E-state index in [2.05, 4.69) is 10.0 Å². The highest BCUT2D eigenvalue weighted by Crippen LogP contribution is 2.32. The van der Waals surface area contributed by atoms with E-state index in [1.807, 2.05) is 24.3 Å². The van der Waals surface area contributed by atoms with Gasteiger partial charge in [0, 0.05) is 12.5 Å². The molecule has 0 radical (unpaired) electrons. The third-order valence-electron chi connectivity index (χ3n) is 4.74. The Balaban J connectivity index is 1.89. The molecule has 2 aromatic carbocycles. The number of carbonyl (C=O) groups is 1. The van der Waals surface area contributed by atoms with Crippen LogP contribution in [0.3, 0.4) is 0 Å². The summed E-state index contributed by atoms with van der Waals surface area (Å²) >= 11 is 0. The van der Waals surface area contributed by atoms with Gasteiger partial charge in [0.05, 0.1) is 17.7 Å². The molecule has 1 amide bonds. The van der Waals surface area contributed by atoms with Crippen LogP contribution in [0.2, 0.25) is 0 Å². The van der Waals surface area contributed by atoms with Gasteiger partial charge in [-0.3, -0.25) is 4.79 Å². The van der Waals surface area contributed by atoms with Gasteiger partial charge in [0.2, 0.25) is 15.9 Å². The lowest BCUT2D eigenvalue weighted by molar-refractivity contribution is -0.115. The Labute approximate surface area is 160 Å². The van der Waals surface area contributed by atoms with Crippen molar-refractivity contribution in [1.82, 2.24) is 4.72 Å². The molecule has 0 spiro atoms. The molecule has 2 aromatic rings. The largest absolute Gasteiger partial charge is 0.495 e. The minimum absolute atomic E-state index is 0.0951. The molecule has 7 heteroatoms. The van der Waals surface area contributed by atoms with Crippen LogP contribution in [0.5, 0.6) is 5.75 Å². The maximum Gasteiger partial charge on any atom is 0.241 e. The van der Waals surface area contributed by atoms with Crippen molar-refractivity contribution in [2.75, 3.05) is 12.4 Å². The highest BCUT2D eigenvalue weighted by atomic mass is 32.2. The maximum absolute atomic E-state index is 13.0. The highest BCUT2D eigenvalue weighted by Gasteiger charge is 2.26. The summed E-state index contributed by atoms with van der Waals surface area (Å²) in [5, 5.41) is 2.69. The standard InChI is InChI=1S/C20H24N2O4S/c1-3-20(23)21-18-13-15(11-12-19(18)26-2)27(24,25)22-17-10-6-8-14-7-4-5-9-16(14)17/h4-5,7,9,11-13,17,22H,3,6,8,10H2,1-2H3,(H,21,23)/t17-/m1/s1. The molecule has 0 bridgehead atoms. The predicted octanol–water partition coefficient (Wildman–Crippen LogP) is 3.40. The van der Waals surface area contributed by atoms with Crippen molar-refractivity contribution in [1.29, 1.82) is 0 Å². The van der Waals surface area contributed by atoms with Crippen LogP contribution in [0.1, 0.15) is 43.4 Å². The van der Waals surface area contributed by atoms with Crippen LogP contribution >= 0.6 is 0 Å². The number of fused-ring (bicyclic) bond motifs is 1. The number of ether oxygens (including phenoxy) is 1. The maximum atomic E-state index is 13.0. The molecule has 144 valence electrons. The average Bonchev–Trinajstić information content (AvgIpc) is 2.68. The van der Waals surface area contributed by atoms with Crippen LogP contribution in [0, 0.1) is 0 Å². The quantitative estimate of drug-likeness (QED) is 0.794. The van der Waals surface area contributed by atoms with E-state index in [4.69, 9.17) is 4.74 Å². The number of amides is 1. The van der Waals surface area contributed by atoms with E-state index in [-0.39, 0.29) is 23.3 Å². The number of carbonyl (C=O) groups excluding carboxylic acids is 1. The van der Waals surface area contributed by atoms with E-state index < -0.39 is 10.0 Å². The van der Waals surface area contributed by atoms with Gasteiger partial charge in [-0.2, -0.15) is 0 Å². The first kappa shape index (κ1) is 19.4. The summed E-state index contributed by atoms with van der Waals surface area (Å²) in [6, 6.07) is 12.1. The number of nitrogens with one attached hydrogen (secondary N) is 2. The van der Waals surface area contributed by atoms with Gasteiger partial charge in [-0.1, -0.05) is 31.2 Å². The van der Waals surface area contributed by atoms with Gasteiger partial charge in [0.1, 0.15) is 5.75 Å². The predicted molar refractivity (Wildman–Crippen MR) is 104 cm³/mol. The minimum Gasteiger partial charge on any atom is -0.495 e. The van der Waals surface area contributed by atoms with Gasteiger partial charge < -0.3 is 10.1 Å². The number of hydrogen-bond donors (Lipinski definition) is 2. The fourth-order valence-corrected chi connectivity index (χ4v) is 4.60. The summed E-state index contributed by atoms with van der Waals surface area (Å²) in [7, 11) is -2.27. The number of hydrogen-bond acceptors (Lipinski definition) is 4. The number of methoxy groups -OCH3 is 1. The highest BCUT2D eigenvalue weighted by molar-refractivity contribution is 7.89. The van der Waals surface area contributed by atoms with Crippen molar-refractivity contribution in [2.45, 2.75) is 43.5 Å².